The standard InChI is InChI=1S/C18H26N2/c1-15(2)18(9-12-19)10-13-20(14-11-18)16(3)17-7-5-4-6-8-17/h4-8,15-16H,9-11,13-14H2,1-3H3. The van der Waals surface area contributed by atoms with Gasteiger partial charge in [-0.25, -0.2) is 0 Å². The average molecular weight is 270 g/mol. The van der Waals surface area contributed by atoms with E-state index in [9.17, 15) is 0 Å². The van der Waals surface area contributed by atoms with E-state index in [1.807, 2.05) is 0 Å². The van der Waals surface area contributed by atoms with E-state index < -0.39 is 0 Å². The molecular formula is C18H26N2. The van der Waals surface area contributed by atoms with Gasteiger partial charge in [-0.15, -0.1) is 0 Å². The van der Waals surface area contributed by atoms with Crippen LogP contribution in [0.3, 0.4) is 0 Å². The smallest absolute Gasteiger partial charge is 0.0627 e. The summed E-state index contributed by atoms with van der Waals surface area (Å²) < 4.78 is 0. The quantitative estimate of drug-likeness (QED) is 0.811. The van der Waals surface area contributed by atoms with Gasteiger partial charge in [0, 0.05) is 12.5 Å². The molecule has 2 heteroatoms. The summed E-state index contributed by atoms with van der Waals surface area (Å²) in [5, 5.41) is 9.12. The van der Waals surface area contributed by atoms with Crippen molar-refractivity contribution in [3.8, 4) is 6.07 Å². The monoisotopic (exact) mass is 270 g/mol. The Hall–Kier alpha value is -1.33. The predicted molar refractivity (Wildman–Crippen MR) is 83.2 cm³/mol. The Balaban J connectivity index is 2.02. The Labute approximate surface area is 123 Å². The molecule has 2 rings (SSSR count). The summed E-state index contributed by atoms with van der Waals surface area (Å²) >= 11 is 0. The average Bonchev–Trinajstić information content (AvgIpc) is 2.48. The maximum Gasteiger partial charge on any atom is 0.0627 e. The minimum atomic E-state index is 0.238. The van der Waals surface area contributed by atoms with Crippen molar-refractivity contribution in [3.63, 3.8) is 0 Å². The molecule has 1 fully saturated rings. The van der Waals surface area contributed by atoms with Crippen LogP contribution in [0.15, 0.2) is 30.3 Å². The molecule has 0 N–H and O–H groups in total. The summed E-state index contributed by atoms with van der Waals surface area (Å²) in [5.74, 6) is 0.594. The van der Waals surface area contributed by atoms with Crippen LogP contribution in [0.5, 0.6) is 0 Å². The first-order valence-corrected chi connectivity index (χ1v) is 7.75. The SMILES string of the molecule is CC(c1ccccc1)N1CCC(CC#N)(C(C)C)CC1. The van der Waals surface area contributed by atoms with Crippen LogP contribution in [-0.2, 0) is 0 Å². The number of nitriles is 1. The largest absolute Gasteiger partial charge is 0.297 e. The van der Waals surface area contributed by atoms with E-state index in [0.29, 0.717) is 18.4 Å². The van der Waals surface area contributed by atoms with Gasteiger partial charge >= 0.3 is 0 Å². The van der Waals surface area contributed by atoms with Crippen LogP contribution >= 0.6 is 0 Å². The number of benzene rings is 1. The summed E-state index contributed by atoms with van der Waals surface area (Å²) in [7, 11) is 0. The summed E-state index contributed by atoms with van der Waals surface area (Å²) in [6, 6.07) is 13.6. The number of rotatable bonds is 4. The molecule has 0 saturated carbocycles. The van der Waals surface area contributed by atoms with Crippen LogP contribution in [0.1, 0.15) is 51.6 Å². The van der Waals surface area contributed by atoms with Crippen LogP contribution in [0.2, 0.25) is 0 Å². The predicted octanol–water partition coefficient (Wildman–Crippen LogP) is 4.40. The molecule has 1 aliphatic heterocycles. The van der Waals surface area contributed by atoms with Crippen molar-refractivity contribution in [1.82, 2.24) is 4.90 Å². The van der Waals surface area contributed by atoms with Gasteiger partial charge in [-0.2, -0.15) is 5.26 Å². The summed E-state index contributed by atoms with van der Waals surface area (Å²) in [4.78, 5) is 2.56. The molecule has 1 aliphatic rings. The Morgan fingerprint density at radius 3 is 2.25 bits per heavy atom. The van der Waals surface area contributed by atoms with E-state index in [-0.39, 0.29) is 5.41 Å². The number of nitrogens with zero attached hydrogens (tertiary/aromatic N) is 2. The van der Waals surface area contributed by atoms with Crippen molar-refractivity contribution in [2.75, 3.05) is 13.1 Å². The molecule has 0 aliphatic carbocycles. The number of likely N-dealkylation sites (tertiary alicyclic amines) is 1. The van der Waals surface area contributed by atoms with Crippen LogP contribution in [0, 0.1) is 22.7 Å². The number of piperidine rings is 1. The lowest BCUT2D eigenvalue weighted by Gasteiger charge is -2.45. The third-order valence-electron chi connectivity index (χ3n) is 5.28. The first-order valence-electron chi connectivity index (χ1n) is 7.75. The molecule has 0 radical (unpaired) electrons. The second-order valence-electron chi connectivity index (χ2n) is 6.47. The fraction of sp³-hybridized carbons (Fsp3) is 0.611. The molecule has 0 spiro atoms. The molecule has 20 heavy (non-hydrogen) atoms. The van der Waals surface area contributed by atoms with Gasteiger partial charge in [-0.3, -0.25) is 4.90 Å². The second-order valence-corrected chi connectivity index (χ2v) is 6.47. The molecule has 0 amide bonds. The molecule has 1 unspecified atom stereocenters. The van der Waals surface area contributed by atoms with Crippen molar-refractivity contribution in [3.05, 3.63) is 35.9 Å². The van der Waals surface area contributed by atoms with Gasteiger partial charge in [0.25, 0.3) is 0 Å². The van der Waals surface area contributed by atoms with E-state index in [2.05, 4.69) is 62.1 Å². The zero-order valence-electron chi connectivity index (χ0n) is 13.0. The lowest BCUT2D eigenvalue weighted by atomic mass is 9.68. The highest BCUT2D eigenvalue weighted by atomic mass is 15.2. The maximum absolute atomic E-state index is 9.12. The normalized spacial score (nSPS) is 20.6. The molecular weight excluding hydrogens is 244 g/mol. The molecule has 1 atom stereocenters. The summed E-state index contributed by atoms with van der Waals surface area (Å²) in [5.41, 5.74) is 1.63. The van der Waals surface area contributed by atoms with Crippen molar-refractivity contribution >= 4 is 0 Å². The topological polar surface area (TPSA) is 27.0 Å². The highest BCUT2D eigenvalue weighted by Gasteiger charge is 2.38. The second kappa shape index (κ2) is 6.41. The van der Waals surface area contributed by atoms with E-state index in [1.165, 1.54) is 5.56 Å². The number of hydrogen-bond donors (Lipinski definition) is 0. The van der Waals surface area contributed by atoms with Crippen LogP contribution in [0.4, 0.5) is 0 Å². The van der Waals surface area contributed by atoms with Crippen molar-refractivity contribution in [2.45, 2.75) is 46.1 Å². The van der Waals surface area contributed by atoms with Gasteiger partial charge in [0.2, 0.25) is 0 Å². The van der Waals surface area contributed by atoms with E-state index in [4.69, 9.17) is 5.26 Å². The van der Waals surface area contributed by atoms with Crippen LogP contribution < -0.4 is 0 Å². The molecule has 2 nitrogen and oxygen atoms in total. The first-order chi connectivity index (χ1) is 9.59. The minimum absolute atomic E-state index is 0.238. The van der Waals surface area contributed by atoms with Gasteiger partial charge in [-0.05, 0) is 49.8 Å². The van der Waals surface area contributed by atoms with E-state index in [0.717, 1.165) is 25.9 Å². The fourth-order valence-electron chi connectivity index (χ4n) is 3.41. The fourth-order valence-corrected chi connectivity index (χ4v) is 3.41. The third-order valence-corrected chi connectivity index (χ3v) is 5.28. The summed E-state index contributed by atoms with van der Waals surface area (Å²) in [6.07, 6.45) is 3.00. The Bertz CT molecular complexity index is 450. The Kier molecular flexibility index (Phi) is 4.83. The van der Waals surface area contributed by atoms with E-state index in [1.54, 1.807) is 0 Å². The molecule has 0 bridgehead atoms. The van der Waals surface area contributed by atoms with Crippen LogP contribution in [0.25, 0.3) is 0 Å². The highest BCUT2D eigenvalue weighted by Crippen LogP contribution is 2.43. The van der Waals surface area contributed by atoms with Crippen LogP contribution in [-0.4, -0.2) is 18.0 Å². The van der Waals surface area contributed by atoms with Crippen molar-refractivity contribution in [2.24, 2.45) is 11.3 Å². The highest BCUT2D eigenvalue weighted by molar-refractivity contribution is 5.18. The van der Waals surface area contributed by atoms with Gasteiger partial charge in [-0.1, -0.05) is 44.2 Å². The summed E-state index contributed by atoms with van der Waals surface area (Å²) in [6.45, 7) is 9.05. The van der Waals surface area contributed by atoms with Gasteiger partial charge in [0.05, 0.1) is 6.07 Å². The van der Waals surface area contributed by atoms with Gasteiger partial charge in [0.15, 0.2) is 0 Å². The molecule has 1 aromatic rings. The Morgan fingerprint density at radius 2 is 1.75 bits per heavy atom. The van der Waals surface area contributed by atoms with Gasteiger partial charge in [0.1, 0.15) is 0 Å². The van der Waals surface area contributed by atoms with Gasteiger partial charge < -0.3 is 0 Å². The third kappa shape index (κ3) is 3.04. The van der Waals surface area contributed by atoms with Crippen molar-refractivity contribution < 1.29 is 0 Å². The molecule has 108 valence electrons. The number of hydrogen-bond acceptors (Lipinski definition) is 2. The first kappa shape index (κ1) is 15.1. The molecule has 1 aromatic carbocycles. The Morgan fingerprint density at radius 1 is 1.15 bits per heavy atom. The lowest BCUT2D eigenvalue weighted by molar-refractivity contribution is 0.0461. The van der Waals surface area contributed by atoms with E-state index >= 15 is 0 Å². The van der Waals surface area contributed by atoms with Crippen molar-refractivity contribution in [1.29, 1.82) is 5.26 Å². The minimum Gasteiger partial charge on any atom is -0.297 e. The lowest BCUT2D eigenvalue weighted by Crippen LogP contribution is -2.43. The maximum atomic E-state index is 9.12. The molecule has 1 saturated heterocycles. The molecule has 0 aromatic heterocycles. The zero-order valence-corrected chi connectivity index (χ0v) is 13.0. The zero-order chi connectivity index (χ0) is 14.6. The molecule has 1 heterocycles.